The number of halogens is 1. The van der Waals surface area contributed by atoms with Crippen LogP contribution in [0.1, 0.15) is 86.3 Å². The lowest BCUT2D eigenvalue weighted by atomic mass is 9.80. The number of fused-ring (bicyclic) bond motifs is 1. The molecule has 5 aromatic rings. The highest BCUT2D eigenvalue weighted by Crippen LogP contribution is 2.37. The van der Waals surface area contributed by atoms with Crippen molar-refractivity contribution in [2.24, 2.45) is 0 Å². The largest absolute Gasteiger partial charge is 0.489 e. The second kappa shape index (κ2) is 15.0. The van der Waals surface area contributed by atoms with Crippen LogP contribution in [0.2, 0.25) is 0 Å². The Balaban J connectivity index is 1.22. The van der Waals surface area contributed by atoms with Gasteiger partial charge in [-0.05, 0) is 89.1 Å². The third kappa shape index (κ3) is 7.90. The molecule has 1 unspecified atom stereocenters. The van der Waals surface area contributed by atoms with E-state index in [-0.39, 0.29) is 17.7 Å². The molecule has 2 fully saturated rings. The lowest BCUT2D eigenvalue weighted by Crippen LogP contribution is -2.54. The summed E-state index contributed by atoms with van der Waals surface area (Å²) in [6.07, 6.45) is 2.78. The van der Waals surface area contributed by atoms with E-state index in [9.17, 15) is 9.59 Å². The highest BCUT2D eigenvalue weighted by atomic mass is 19.1. The fraction of sp³-hybridized carbons (Fsp3) is 0.381. The smallest absolute Gasteiger partial charge is 0.408 e. The normalized spacial score (nSPS) is 17.4. The van der Waals surface area contributed by atoms with Crippen LogP contribution in [-0.4, -0.2) is 57.0 Å². The number of benzene rings is 3. The average Bonchev–Trinajstić information content (AvgIpc) is 3.50. The third-order valence-electron chi connectivity index (χ3n) is 9.93. The van der Waals surface area contributed by atoms with Crippen LogP contribution in [0.15, 0.2) is 84.9 Å². The Morgan fingerprint density at radius 2 is 1.70 bits per heavy atom. The van der Waals surface area contributed by atoms with Gasteiger partial charge in [-0.1, -0.05) is 60.7 Å². The van der Waals surface area contributed by atoms with Gasteiger partial charge in [-0.2, -0.15) is 5.10 Å². The Bertz CT molecular complexity index is 2080. The molecule has 2 aliphatic heterocycles. The van der Waals surface area contributed by atoms with Crippen LogP contribution in [0.3, 0.4) is 0 Å². The fourth-order valence-electron chi connectivity index (χ4n) is 7.28. The van der Waals surface area contributed by atoms with Gasteiger partial charge >= 0.3 is 6.09 Å². The number of ether oxygens (including phenoxy) is 3. The second-order valence-electron chi connectivity index (χ2n) is 14.9. The monoisotopic (exact) mass is 719 g/mol. The number of pyridine rings is 1. The molecule has 276 valence electrons. The van der Waals surface area contributed by atoms with Gasteiger partial charge in [-0.15, -0.1) is 0 Å². The quantitative estimate of drug-likeness (QED) is 0.171. The first kappa shape index (κ1) is 36.1. The number of likely N-dealkylation sites (tertiary alicyclic amines) is 1. The van der Waals surface area contributed by atoms with Crippen LogP contribution >= 0.6 is 0 Å². The SMILES string of the molecule is Cc1nn(C2CCCCO2)c2nc(-c3ccc(OCc4ccccc4)cc3F)cc(C(=O)N3CCC(NC(=O)OC(C)(C)C)(c4ccccc4)CC3)c12. The van der Waals surface area contributed by atoms with Crippen molar-refractivity contribution in [2.45, 2.75) is 83.8 Å². The van der Waals surface area contributed by atoms with Crippen LogP contribution in [-0.2, 0) is 21.6 Å². The molecule has 2 aromatic heterocycles. The minimum absolute atomic E-state index is 0.215. The van der Waals surface area contributed by atoms with Crippen molar-refractivity contribution in [1.82, 2.24) is 25.0 Å². The van der Waals surface area contributed by atoms with E-state index >= 15 is 4.39 Å². The molecule has 2 saturated heterocycles. The maximum Gasteiger partial charge on any atom is 0.408 e. The number of aromatic nitrogens is 3. The van der Waals surface area contributed by atoms with Crippen molar-refractivity contribution in [3.05, 3.63) is 113 Å². The van der Waals surface area contributed by atoms with Gasteiger partial charge in [0.25, 0.3) is 5.91 Å². The molecule has 11 heteroatoms. The molecular weight excluding hydrogens is 673 g/mol. The number of piperidine rings is 1. The van der Waals surface area contributed by atoms with Crippen molar-refractivity contribution in [3.8, 4) is 17.0 Å². The number of nitrogens with zero attached hydrogens (tertiary/aromatic N) is 4. The van der Waals surface area contributed by atoms with Gasteiger partial charge in [0.1, 0.15) is 23.8 Å². The number of amides is 2. The van der Waals surface area contributed by atoms with Gasteiger partial charge in [0, 0.05) is 31.3 Å². The molecular formula is C42H46FN5O5. The van der Waals surface area contributed by atoms with Crippen molar-refractivity contribution < 1.29 is 28.2 Å². The standard InChI is InChI=1S/C42H46FN5O5/c1-28-37-33(39(49)47-22-20-42(21-23-47,30-15-9-6-10-16-30)45-40(50)53-41(2,3)4)26-35(44-38(37)48(46-28)36-17-11-12-24-51-36)32-19-18-31(25-34(32)43)52-27-29-13-7-5-8-14-29/h5-10,13-16,18-19,25-26,36H,11-12,17,20-24,27H2,1-4H3,(H,45,50). The number of nitrogens with one attached hydrogen (secondary N) is 1. The van der Waals surface area contributed by atoms with Crippen LogP contribution in [0.4, 0.5) is 9.18 Å². The first-order chi connectivity index (χ1) is 25.5. The molecule has 10 nitrogen and oxygen atoms in total. The molecule has 0 bridgehead atoms. The van der Waals surface area contributed by atoms with Gasteiger partial charge in [-0.3, -0.25) is 4.79 Å². The highest BCUT2D eigenvalue weighted by molar-refractivity contribution is 6.07. The van der Waals surface area contributed by atoms with E-state index in [0.29, 0.717) is 72.9 Å². The zero-order chi connectivity index (χ0) is 37.2. The molecule has 2 aliphatic rings. The molecule has 1 atom stereocenters. The van der Waals surface area contributed by atoms with Crippen LogP contribution in [0, 0.1) is 12.7 Å². The molecule has 4 heterocycles. The van der Waals surface area contributed by atoms with Crippen LogP contribution in [0.25, 0.3) is 22.3 Å². The molecule has 2 amide bonds. The number of rotatable bonds is 8. The summed E-state index contributed by atoms with van der Waals surface area (Å²) in [4.78, 5) is 34.5. The zero-order valence-electron chi connectivity index (χ0n) is 30.7. The van der Waals surface area contributed by atoms with E-state index in [2.05, 4.69) is 5.32 Å². The molecule has 0 saturated carbocycles. The van der Waals surface area contributed by atoms with Crippen molar-refractivity contribution in [2.75, 3.05) is 19.7 Å². The minimum atomic E-state index is -0.730. The van der Waals surface area contributed by atoms with E-state index in [1.807, 2.05) is 88.4 Å². The first-order valence-corrected chi connectivity index (χ1v) is 18.3. The summed E-state index contributed by atoms with van der Waals surface area (Å²) in [6.45, 7) is 8.99. The molecule has 0 aliphatic carbocycles. The number of hydrogen-bond acceptors (Lipinski definition) is 7. The summed E-state index contributed by atoms with van der Waals surface area (Å²) in [6, 6.07) is 25.9. The topological polar surface area (TPSA) is 108 Å². The number of carbonyl (C=O) groups excluding carboxylic acids is 2. The number of alkyl carbamates (subject to hydrolysis) is 1. The Labute approximate surface area is 309 Å². The molecule has 3 aromatic carbocycles. The predicted octanol–water partition coefficient (Wildman–Crippen LogP) is 8.48. The number of aryl methyl sites for hydroxylation is 1. The Morgan fingerprint density at radius 3 is 2.36 bits per heavy atom. The third-order valence-corrected chi connectivity index (χ3v) is 9.93. The minimum Gasteiger partial charge on any atom is -0.489 e. The van der Waals surface area contributed by atoms with Gasteiger partial charge in [0.05, 0.1) is 27.9 Å². The highest BCUT2D eigenvalue weighted by Gasteiger charge is 2.40. The molecule has 1 N–H and O–H groups in total. The number of carbonyl (C=O) groups is 2. The van der Waals surface area contributed by atoms with Gasteiger partial charge in [0.15, 0.2) is 11.9 Å². The van der Waals surface area contributed by atoms with Crippen molar-refractivity contribution >= 4 is 23.0 Å². The van der Waals surface area contributed by atoms with E-state index in [1.54, 1.807) is 27.8 Å². The van der Waals surface area contributed by atoms with E-state index in [1.165, 1.54) is 6.07 Å². The van der Waals surface area contributed by atoms with E-state index < -0.39 is 23.1 Å². The van der Waals surface area contributed by atoms with Crippen LogP contribution in [0.5, 0.6) is 5.75 Å². The van der Waals surface area contributed by atoms with Crippen molar-refractivity contribution in [3.63, 3.8) is 0 Å². The predicted molar refractivity (Wildman–Crippen MR) is 200 cm³/mol. The second-order valence-corrected chi connectivity index (χ2v) is 14.9. The lowest BCUT2D eigenvalue weighted by Gasteiger charge is -2.43. The summed E-state index contributed by atoms with van der Waals surface area (Å²) in [7, 11) is 0. The summed E-state index contributed by atoms with van der Waals surface area (Å²) < 4.78 is 35.4. The molecule has 0 spiro atoms. The molecule has 7 rings (SSSR count). The summed E-state index contributed by atoms with van der Waals surface area (Å²) >= 11 is 0. The van der Waals surface area contributed by atoms with E-state index in [0.717, 1.165) is 30.4 Å². The van der Waals surface area contributed by atoms with Gasteiger partial charge in [0.2, 0.25) is 0 Å². The summed E-state index contributed by atoms with van der Waals surface area (Å²) in [5, 5.41) is 8.60. The molecule has 53 heavy (non-hydrogen) atoms. The van der Waals surface area contributed by atoms with Crippen molar-refractivity contribution in [1.29, 1.82) is 0 Å². The Kier molecular flexibility index (Phi) is 10.2. The maximum atomic E-state index is 16.0. The van der Waals surface area contributed by atoms with Gasteiger partial charge < -0.3 is 24.4 Å². The van der Waals surface area contributed by atoms with Gasteiger partial charge in [-0.25, -0.2) is 18.9 Å². The fourth-order valence-corrected chi connectivity index (χ4v) is 7.28. The lowest BCUT2D eigenvalue weighted by molar-refractivity contribution is -0.0371. The maximum absolute atomic E-state index is 16.0. The average molecular weight is 720 g/mol. The van der Waals surface area contributed by atoms with Crippen LogP contribution < -0.4 is 10.1 Å². The summed E-state index contributed by atoms with van der Waals surface area (Å²) in [5.74, 6) is -0.344. The summed E-state index contributed by atoms with van der Waals surface area (Å²) in [5.41, 5.74) is 2.58. The number of hydrogen-bond donors (Lipinski definition) is 1. The zero-order valence-corrected chi connectivity index (χ0v) is 30.7. The van der Waals surface area contributed by atoms with E-state index in [4.69, 9.17) is 24.3 Å². The Morgan fingerprint density at radius 1 is 0.981 bits per heavy atom. The Hall–Kier alpha value is -5.29. The molecule has 0 radical (unpaired) electrons. The first-order valence-electron chi connectivity index (χ1n) is 18.3.